The molecule has 2 aliphatic rings. The number of phenolic OH excluding ortho intramolecular Hbond substituents is 1. The number of anilines is 1. The number of carbonyl (C=O) groups excluding carboxylic acids is 1. The Kier molecular flexibility index (Phi) is 3.92. The summed E-state index contributed by atoms with van der Waals surface area (Å²) in [5.74, 6) is 0.0691. The smallest absolute Gasteiger partial charge is 0.325 e. The molecule has 1 aromatic carbocycles. The van der Waals surface area contributed by atoms with E-state index in [-0.39, 0.29) is 17.8 Å². The molecule has 0 radical (unpaired) electrons. The highest BCUT2D eigenvalue weighted by molar-refractivity contribution is 5.87. The molecule has 118 valence electrons. The molecule has 1 fully saturated rings. The fourth-order valence-corrected chi connectivity index (χ4v) is 3.19. The minimum atomic E-state index is -0.121. The first-order chi connectivity index (χ1) is 10.6. The van der Waals surface area contributed by atoms with Crippen LogP contribution in [0.3, 0.4) is 0 Å². The van der Waals surface area contributed by atoms with Crippen molar-refractivity contribution in [2.45, 2.75) is 37.8 Å². The summed E-state index contributed by atoms with van der Waals surface area (Å²) in [5, 5.41) is 9.49. The molecule has 6 heteroatoms. The van der Waals surface area contributed by atoms with Gasteiger partial charge in [0.1, 0.15) is 5.75 Å². The molecule has 1 heterocycles. The van der Waals surface area contributed by atoms with Crippen molar-refractivity contribution in [2.24, 2.45) is 4.99 Å². The Hall–Kier alpha value is -2.24. The molecule has 22 heavy (non-hydrogen) atoms. The standard InChI is InChI=1S/C16H22N4O2/c1-19(12-4-2-3-5-12)16(22)20-9-14(18-10-20)11-6-7-15(21)13(17)8-11/h6-8,10,12,14,21H,2-5,9,17H2,1H3. The van der Waals surface area contributed by atoms with Gasteiger partial charge in [-0.25, -0.2) is 4.79 Å². The number of benzene rings is 1. The van der Waals surface area contributed by atoms with Crippen molar-refractivity contribution in [1.29, 1.82) is 0 Å². The van der Waals surface area contributed by atoms with E-state index in [2.05, 4.69) is 4.99 Å². The normalized spacial score (nSPS) is 21.5. The molecular formula is C16H22N4O2. The van der Waals surface area contributed by atoms with E-state index in [1.54, 1.807) is 29.4 Å². The predicted octanol–water partition coefficient (Wildman–Crippen LogP) is 2.35. The quantitative estimate of drug-likeness (QED) is 0.650. The molecule has 1 atom stereocenters. The van der Waals surface area contributed by atoms with Crippen LogP contribution in [0, 0.1) is 0 Å². The van der Waals surface area contributed by atoms with Crippen LogP contribution in [-0.2, 0) is 0 Å². The van der Waals surface area contributed by atoms with E-state index in [9.17, 15) is 9.90 Å². The number of hydrogen-bond donors (Lipinski definition) is 2. The molecule has 6 nitrogen and oxygen atoms in total. The number of nitrogens with two attached hydrogens (primary N) is 1. The molecule has 0 bridgehead atoms. The van der Waals surface area contributed by atoms with Crippen molar-refractivity contribution in [3.8, 4) is 5.75 Å². The summed E-state index contributed by atoms with van der Waals surface area (Å²) < 4.78 is 0. The van der Waals surface area contributed by atoms with Gasteiger partial charge in [0.15, 0.2) is 0 Å². The summed E-state index contributed by atoms with van der Waals surface area (Å²) >= 11 is 0. The zero-order valence-electron chi connectivity index (χ0n) is 12.8. The van der Waals surface area contributed by atoms with Crippen molar-refractivity contribution in [3.05, 3.63) is 23.8 Å². The van der Waals surface area contributed by atoms with Crippen molar-refractivity contribution < 1.29 is 9.90 Å². The number of urea groups is 1. The number of nitrogens with zero attached hydrogens (tertiary/aromatic N) is 3. The van der Waals surface area contributed by atoms with Crippen LogP contribution < -0.4 is 5.73 Å². The molecular weight excluding hydrogens is 280 g/mol. The Labute approximate surface area is 130 Å². The molecule has 1 aliphatic heterocycles. The van der Waals surface area contributed by atoms with Crippen LogP contribution in [0.1, 0.15) is 37.3 Å². The largest absolute Gasteiger partial charge is 0.506 e. The molecule has 3 N–H and O–H groups in total. The number of hydrogen-bond acceptors (Lipinski definition) is 4. The van der Waals surface area contributed by atoms with E-state index in [4.69, 9.17) is 5.73 Å². The Morgan fingerprint density at radius 1 is 1.41 bits per heavy atom. The van der Waals surface area contributed by atoms with Gasteiger partial charge >= 0.3 is 6.03 Å². The van der Waals surface area contributed by atoms with Gasteiger partial charge in [0, 0.05) is 13.1 Å². The number of rotatable bonds is 2. The highest BCUT2D eigenvalue weighted by atomic mass is 16.3. The lowest BCUT2D eigenvalue weighted by molar-refractivity contribution is 0.170. The van der Waals surface area contributed by atoms with E-state index >= 15 is 0 Å². The number of aromatic hydroxyl groups is 1. The fraction of sp³-hybridized carbons (Fsp3) is 0.500. The Morgan fingerprint density at radius 2 is 2.14 bits per heavy atom. The zero-order chi connectivity index (χ0) is 15.7. The third kappa shape index (κ3) is 2.73. The van der Waals surface area contributed by atoms with Crippen molar-refractivity contribution in [3.63, 3.8) is 0 Å². The van der Waals surface area contributed by atoms with E-state index in [1.165, 1.54) is 12.8 Å². The van der Waals surface area contributed by atoms with Crippen molar-refractivity contribution >= 4 is 18.1 Å². The average Bonchev–Trinajstić information content (AvgIpc) is 3.19. The van der Waals surface area contributed by atoms with E-state index in [0.29, 0.717) is 18.3 Å². The first-order valence-corrected chi connectivity index (χ1v) is 7.71. The van der Waals surface area contributed by atoms with E-state index in [0.717, 1.165) is 18.4 Å². The average molecular weight is 302 g/mol. The summed E-state index contributed by atoms with van der Waals surface area (Å²) in [7, 11) is 1.87. The molecule has 1 aromatic rings. The highest BCUT2D eigenvalue weighted by Gasteiger charge is 2.30. The SMILES string of the molecule is CN(C(=O)N1C=NC(c2ccc(O)c(N)c2)C1)C1CCCC1. The molecule has 3 rings (SSSR count). The first-order valence-electron chi connectivity index (χ1n) is 7.71. The Morgan fingerprint density at radius 3 is 2.82 bits per heavy atom. The van der Waals surface area contributed by atoms with Gasteiger partial charge in [0.05, 0.1) is 24.6 Å². The molecule has 0 aromatic heterocycles. The summed E-state index contributed by atoms with van der Waals surface area (Å²) in [5.41, 5.74) is 6.96. The van der Waals surface area contributed by atoms with Gasteiger partial charge in [0.2, 0.25) is 0 Å². The topological polar surface area (TPSA) is 82.2 Å². The minimum absolute atomic E-state index is 0.00454. The van der Waals surface area contributed by atoms with Crippen molar-refractivity contribution in [2.75, 3.05) is 19.3 Å². The van der Waals surface area contributed by atoms with Crippen LogP contribution >= 0.6 is 0 Å². The zero-order valence-corrected chi connectivity index (χ0v) is 12.8. The molecule has 0 spiro atoms. The number of carbonyl (C=O) groups is 1. The third-order valence-corrected chi connectivity index (χ3v) is 4.61. The molecule has 1 saturated carbocycles. The lowest BCUT2D eigenvalue weighted by Gasteiger charge is -2.28. The van der Waals surface area contributed by atoms with Crippen LogP contribution in [0.4, 0.5) is 10.5 Å². The summed E-state index contributed by atoms with van der Waals surface area (Å²) in [6, 6.07) is 5.31. The Bertz CT molecular complexity index is 596. The van der Waals surface area contributed by atoms with Gasteiger partial charge < -0.3 is 15.7 Å². The second-order valence-corrected chi connectivity index (χ2v) is 6.08. The highest BCUT2D eigenvalue weighted by Crippen LogP contribution is 2.29. The molecule has 0 saturated heterocycles. The van der Waals surface area contributed by atoms with Crippen LogP contribution in [0.2, 0.25) is 0 Å². The minimum Gasteiger partial charge on any atom is -0.506 e. The summed E-state index contributed by atoms with van der Waals surface area (Å²) in [6.45, 7) is 0.514. The second kappa shape index (κ2) is 5.87. The lowest BCUT2D eigenvalue weighted by atomic mass is 10.1. The maximum absolute atomic E-state index is 12.5. The van der Waals surface area contributed by atoms with Gasteiger partial charge in [-0.2, -0.15) is 0 Å². The van der Waals surface area contributed by atoms with Crippen LogP contribution in [0.5, 0.6) is 5.75 Å². The van der Waals surface area contributed by atoms with Gasteiger partial charge in [0.25, 0.3) is 0 Å². The van der Waals surface area contributed by atoms with E-state index in [1.807, 2.05) is 11.9 Å². The number of aliphatic imine (C=N–C) groups is 1. The first kappa shape index (κ1) is 14.7. The van der Waals surface area contributed by atoms with Crippen molar-refractivity contribution in [1.82, 2.24) is 9.80 Å². The number of nitrogen functional groups attached to an aromatic ring is 1. The fourth-order valence-electron chi connectivity index (χ4n) is 3.19. The summed E-state index contributed by atoms with van der Waals surface area (Å²) in [6.07, 6.45) is 6.19. The second-order valence-electron chi connectivity index (χ2n) is 6.08. The Balaban J connectivity index is 1.65. The van der Waals surface area contributed by atoms with E-state index < -0.39 is 0 Å². The number of amides is 2. The maximum Gasteiger partial charge on any atom is 0.325 e. The van der Waals surface area contributed by atoms with Crippen LogP contribution in [-0.4, -0.2) is 46.9 Å². The summed E-state index contributed by atoms with van der Waals surface area (Å²) in [4.78, 5) is 20.4. The van der Waals surface area contributed by atoms with Gasteiger partial charge in [-0.15, -0.1) is 0 Å². The molecule has 2 amide bonds. The third-order valence-electron chi connectivity index (χ3n) is 4.61. The van der Waals surface area contributed by atoms with Crippen LogP contribution in [0.15, 0.2) is 23.2 Å². The maximum atomic E-state index is 12.5. The molecule has 1 aliphatic carbocycles. The van der Waals surface area contributed by atoms with Gasteiger partial charge in [-0.05, 0) is 30.5 Å². The van der Waals surface area contributed by atoms with Gasteiger partial charge in [-0.1, -0.05) is 18.9 Å². The van der Waals surface area contributed by atoms with Crippen LogP contribution in [0.25, 0.3) is 0 Å². The van der Waals surface area contributed by atoms with Gasteiger partial charge in [-0.3, -0.25) is 9.89 Å². The number of phenols is 1. The monoisotopic (exact) mass is 302 g/mol. The molecule has 1 unspecified atom stereocenters. The predicted molar refractivity (Wildman–Crippen MR) is 85.9 cm³/mol. The lowest BCUT2D eigenvalue weighted by Crippen LogP contribution is -2.44.